The number of quaternary nitrogens is 1. The van der Waals surface area contributed by atoms with Gasteiger partial charge in [0.25, 0.3) is 0 Å². The number of hydrogen-bond acceptors (Lipinski definition) is 6. The van der Waals surface area contributed by atoms with Gasteiger partial charge in [-0.3, -0.25) is 29.0 Å². The third-order valence-electron chi connectivity index (χ3n) is 9.23. The van der Waals surface area contributed by atoms with Crippen LogP contribution >= 0.6 is 0 Å². The number of carboxylic acids is 1. The first-order valence-corrected chi connectivity index (χ1v) is 16.2. The maximum Gasteiger partial charge on any atom is 0.308 e. The molecule has 0 unspecified atom stereocenters. The van der Waals surface area contributed by atoms with Crippen LogP contribution in [0.3, 0.4) is 0 Å². The largest absolute Gasteiger partial charge is 0.493 e. The second kappa shape index (κ2) is 13.7. The molecule has 2 aromatic carbocycles. The molecule has 3 amide bonds. The quantitative estimate of drug-likeness (QED) is 0.269. The zero-order valence-corrected chi connectivity index (χ0v) is 27.0. The fourth-order valence-corrected chi connectivity index (χ4v) is 7.10. The standard InChI is InChI=1S/C35H46N4O6/c1-5-6-16-37(27-9-7-8-24(19-27)23-39(2,3)4)33(42)22-36-21-28(25-10-11-30-26(20-25)15-18-45-30)34(35(43)44)29(36)14-17-38-31(40)12-13-32(38)41/h7-11,19-20,28-29,34H,5-6,12-18,21-23H2,1-4H3/p+1/t28-,29+,34-/m1/s1. The van der Waals surface area contributed by atoms with Crippen LogP contribution in [0.25, 0.3) is 0 Å². The lowest BCUT2D eigenvalue weighted by molar-refractivity contribution is -0.884. The van der Waals surface area contributed by atoms with E-state index in [4.69, 9.17) is 4.74 Å². The van der Waals surface area contributed by atoms with Crippen molar-refractivity contribution in [3.63, 3.8) is 0 Å². The lowest BCUT2D eigenvalue weighted by Crippen LogP contribution is -2.46. The zero-order chi connectivity index (χ0) is 32.3. The van der Waals surface area contributed by atoms with Gasteiger partial charge in [0, 0.05) is 62.1 Å². The minimum atomic E-state index is -0.938. The Hall–Kier alpha value is -3.76. The van der Waals surface area contributed by atoms with Crippen molar-refractivity contribution in [1.29, 1.82) is 0 Å². The van der Waals surface area contributed by atoms with E-state index >= 15 is 0 Å². The molecule has 45 heavy (non-hydrogen) atoms. The van der Waals surface area contributed by atoms with Crippen molar-refractivity contribution >= 4 is 29.4 Å². The smallest absolute Gasteiger partial charge is 0.308 e. The lowest BCUT2D eigenvalue weighted by Gasteiger charge is -2.31. The number of aliphatic carboxylic acids is 1. The Morgan fingerprint density at radius 3 is 2.49 bits per heavy atom. The SMILES string of the molecule is CCCCN(C(=O)CN1C[C@H](c2ccc3c(c2)CCO3)[C@@H](C(=O)O)[C@@H]1CCN1C(=O)CCC1=O)c1cccc(C[N+](C)(C)C)c1. The maximum atomic E-state index is 14.2. The zero-order valence-electron chi connectivity index (χ0n) is 27.0. The summed E-state index contributed by atoms with van der Waals surface area (Å²) >= 11 is 0. The summed E-state index contributed by atoms with van der Waals surface area (Å²) in [5.74, 6) is -1.79. The summed E-state index contributed by atoms with van der Waals surface area (Å²) in [6, 6.07) is 13.5. The fourth-order valence-electron chi connectivity index (χ4n) is 7.10. The molecule has 0 radical (unpaired) electrons. The molecule has 3 aliphatic heterocycles. The van der Waals surface area contributed by atoms with Crippen LogP contribution < -0.4 is 9.64 Å². The van der Waals surface area contributed by atoms with Gasteiger partial charge in [0.2, 0.25) is 17.7 Å². The van der Waals surface area contributed by atoms with Crippen molar-refractivity contribution in [3.8, 4) is 5.75 Å². The van der Waals surface area contributed by atoms with Gasteiger partial charge in [-0.05, 0) is 42.2 Å². The van der Waals surface area contributed by atoms with E-state index in [1.807, 2.05) is 40.1 Å². The van der Waals surface area contributed by atoms with Crippen LogP contribution in [0.4, 0.5) is 5.69 Å². The van der Waals surface area contributed by atoms with Gasteiger partial charge in [-0.15, -0.1) is 0 Å². The van der Waals surface area contributed by atoms with E-state index in [9.17, 15) is 24.3 Å². The number of fused-ring (bicyclic) bond motifs is 1. The Bertz CT molecular complexity index is 1420. The van der Waals surface area contributed by atoms with E-state index in [0.29, 0.717) is 26.1 Å². The molecule has 10 nitrogen and oxygen atoms in total. The highest BCUT2D eigenvalue weighted by molar-refractivity contribution is 6.01. The second-order valence-electron chi connectivity index (χ2n) is 13.7. The molecule has 5 rings (SSSR count). The lowest BCUT2D eigenvalue weighted by atomic mass is 9.83. The van der Waals surface area contributed by atoms with E-state index in [-0.39, 0.29) is 49.6 Å². The first-order chi connectivity index (χ1) is 21.4. The summed E-state index contributed by atoms with van der Waals surface area (Å²) in [5, 5.41) is 10.6. The third kappa shape index (κ3) is 7.56. The van der Waals surface area contributed by atoms with Gasteiger partial charge in [-0.2, -0.15) is 0 Å². The number of carboxylic acid groups (broad SMARTS) is 1. The van der Waals surface area contributed by atoms with E-state index in [1.165, 1.54) is 4.90 Å². The van der Waals surface area contributed by atoms with Gasteiger partial charge < -0.3 is 19.2 Å². The average Bonchev–Trinajstić information content (AvgIpc) is 3.68. The Balaban J connectivity index is 1.44. The number of carbonyl (C=O) groups is 4. The topological polar surface area (TPSA) is 107 Å². The molecule has 2 aromatic rings. The first-order valence-electron chi connectivity index (χ1n) is 16.2. The number of likely N-dealkylation sites (tertiary alicyclic amines) is 2. The molecular formula is C35H47N4O6+. The first kappa shape index (κ1) is 32.6. The Labute approximate surface area is 266 Å². The Kier molecular flexibility index (Phi) is 9.94. The molecule has 0 saturated carbocycles. The van der Waals surface area contributed by atoms with Crippen LogP contribution in [0, 0.1) is 5.92 Å². The molecule has 10 heteroatoms. The van der Waals surface area contributed by atoms with E-state index in [1.54, 1.807) is 0 Å². The van der Waals surface area contributed by atoms with E-state index in [0.717, 1.165) is 58.4 Å². The molecule has 242 valence electrons. The molecule has 3 atom stereocenters. The summed E-state index contributed by atoms with van der Waals surface area (Å²) < 4.78 is 6.45. The Morgan fingerprint density at radius 1 is 1.04 bits per heavy atom. The fraction of sp³-hybridized carbons (Fsp3) is 0.543. The summed E-state index contributed by atoms with van der Waals surface area (Å²) in [7, 11) is 6.40. The molecule has 1 N–H and O–H groups in total. The number of imide groups is 1. The minimum Gasteiger partial charge on any atom is -0.493 e. The highest BCUT2D eigenvalue weighted by Crippen LogP contribution is 2.41. The van der Waals surface area contributed by atoms with Crippen LogP contribution in [0.5, 0.6) is 5.75 Å². The van der Waals surface area contributed by atoms with E-state index in [2.05, 4.69) is 40.2 Å². The average molecular weight is 620 g/mol. The summed E-state index contributed by atoms with van der Waals surface area (Å²) in [4.78, 5) is 57.0. The molecule has 2 fully saturated rings. The summed E-state index contributed by atoms with van der Waals surface area (Å²) in [5.41, 5.74) is 3.96. The van der Waals surface area contributed by atoms with Crippen LogP contribution in [0.2, 0.25) is 0 Å². The monoisotopic (exact) mass is 619 g/mol. The predicted molar refractivity (Wildman–Crippen MR) is 171 cm³/mol. The highest BCUT2D eigenvalue weighted by atomic mass is 16.5. The van der Waals surface area contributed by atoms with Gasteiger partial charge in [0.15, 0.2) is 0 Å². The number of rotatable bonds is 13. The van der Waals surface area contributed by atoms with Crippen molar-refractivity contribution in [1.82, 2.24) is 9.80 Å². The molecular weight excluding hydrogens is 572 g/mol. The van der Waals surface area contributed by atoms with Crippen molar-refractivity contribution in [2.45, 2.75) is 64.0 Å². The van der Waals surface area contributed by atoms with Gasteiger partial charge in [0.1, 0.15) is 12.3 Å². The number of unbranched alkanes of at least 4 members (excludes halogenated alkanes) is 1. The number of nitrogens with zero attached hydrogens (tertiary/aromatic N) is 4. The van der Waals surface area contributed by atoms with Crippen molar-refractivity contribution in [3.05, 3.63) is 59.2 Å². The molecule has 0 aromatic heterocycles. The van der Waals surface area contributed by atoms with Gasteiger partial charge in [0.05, 0.1) is 40.2 Å². The molecule has 0 aliphatic carbocycles. The molecule has 3 aliphatic rings. The van der Waals surface area contributed by atoms with Crippen molar-refractivity contribution < 1.29 is 33.5 Å². The molecule has 3 heterocycles. The number of amides is 3. The minimum absolute atomic E-state index is 0.0458. The van der Waals surface area contributed by atoms with Crippen molar-refractivity contribution in [2.75, 3.05) is 58.8 Å². The van der Waals surface area contributed by atoms with Crippen LogP contribution in [-0.4, -0.2) is 103 Å². The number of benzene rings is 2. The number of hydrogen-bond donors (Lipinski definition) is 1. The van der Waals surface area contributed by atoms with Crippen LogP contribution in [-0.2, 0) is 32.1 Å². The maximum absolute atomic E-state index is 14.2. The second-order valence-corrected chi connectivity index (χ2v) is 13.7. The molecule has 0 spiro atoms. The summed E-state index contributed by atoms with van der Waals surface area (Å²) in [6.45, 7) is 4.67. The van der Waals surface area contributed by atoms with Crippen LogP contribution in [0.1, 0.15) is 61.6 Å². The Morgan fingerprint density at radius 2 is 1.80 bits per heavy atom. The number of ether oxygens (including phenoxy) is 1. The summed E-state index contributed by atoms with van der Waals surface area (Å²) in [6.07, 6.45) is 3.21. The molecule has 0 bridgehead atoms. The molecule has 2 saturated heterocycles. The van der Waals surface area contributed by atoms with Gasteiger partial charge >= 0.3 is 5.97 Å². The van der Waals surface area contributed by atoms with E-state index < -0.39 is 17.9 Å². The number of carbonyl (C=O) groups excluding carboxylic acids is 3. The predicted octanol–water partition coefficient (Wildman–Crippen LogP) is 3.67. The highest BCUT2D eigenvalue weighted by Gasteiger charge is 2.48. The normalized spacial score (nSPS) is 21.7. The van der Waals surface area contributed by atoms with Crippen LogP contribution in [0.15, 0.2) is 42.5 Å². The van der Waals surface area contributed by atoms with Gasteiger partial charge in [-0.1, -0.05) is 37.6 Å². The van der Waals surface area contributed by atoms with Gasteiger partial charge in [-0.25, -0.2) is 0 Å². The third-order valence-corrected chi connectivity index (χ3v) is 9.23. The number of anilines is 1. The van der Waals surface area contributed by atoms with Crippen molar-refractivity contribution in [2.24, 2.45) is 5.92 Å².